The van der Waals surface area contributed by atoms with E-state index in [1.807, 2.05) is 5.38 Å². The van der Waals surface area contributed by atoms with Gasteiger partial charge < -0.3 is 4.98 Å². The second-order valence-corrected chi connectivity index (χ2v) is 5.76. The lowest BCUT2D eigenvalue weighted by Crippen LogP contribution is -2.12. The van der Waals surface area contributed by atoms with Gasteiger partial charge in [-0.3, -0.25) is 4.79 Å². The second-order valence-electron chi connectivity index (χ2n) is 4.25. The molecule has 0 aliphatic rings. The van der Waals surface area contributed by atoms with Crippen molar-refractivity contribution in [1.82, 2.24) is 9.97 Å². The van der Waals surface area contributed by atoms with Crippen LogP contribution in [-0.4, -0.2) is 9.97 Å². The molecule has 2 aromatic heterocycles. The third kappa shape index (κ3) is 2.24. The van der Waals surface area contributed by atoms with Crippen molar-refractivity contribution in [3.63, 3.8) is 0 Å². The fourth-order valence-corrected chi connectivity index (χ4v) is 2.93. The number of aromatic amines is 1. The zero-order valence-corrected chi connectivity index (χ0v) is 11.7. The Morgan fingerprint density at radius 2 is 2.24 bits per heavy atom. The first-order valence-corrected chi connectivity index (χ1v) is 7.01. The largest absolute Gasteiger partial charge is 0.309 e. The van der Waals surface area contributed by atoms with Crippen LogP contribution in [0.4, 0.5) is 0 Å². The number of hydrogen-bond acceptors (Lipinski definition) is 3. The minimum Gasteiger partial charge on any atom is -0.309 e. The number of alkyl halides is 1. The standard InChI is InChI=1S/C12H15ClN2OS/c1-4-6(2)8-5-17-12-9(8)11(16)14-10(15-12)7(3)13/h5-7H,4H2,1-3H3,(H,14,15,16). The summed E-state index contributed by atoms with van der Waals surface area (Å²) in [5.41, 5.74) is 1.02. The van der Waals surface area contributed by atoms with Crippen molar-refractivity contribution in [3.05, 3.63) is 27.1 Å². The summed E-state index contributed by atoms with van der Waals surface area (Å²) in [6.07, 6.45) is 1.01. The van der Waals surface area contributed by atoms with Crippen LogP contribution in [0.3, 0.4) is 0 Å². The van der Waals surface area contributed by atoms with Crippen molar-refractivity contribution in [3.8, 4) is 0 Å². The highest BCUT2D eigenvalue weighted by atomic mass is 35.5. The van der Waals surface area contributed by atoms with E-state index in [2.05, 4.69) is 23.8 Å². The molecule has 0 aliphatic heterocycles. The van der Waals surface area contributed by atoms with Crippen LogP contribution in [-0.2, 0) is 0 Å². The molecule has 2 heterocycles. The van der Waals surface area contributed by atoms with Crippen molar-refractivity contribution < 1.29 is 0 Å². The monoisotopic (exact) mass is 270 g/mol. The number of hydrogen-bond donors (Lipinski definition) is 1. The maximum atomic E-state index is 12.1. The average Bonchev–Trinajstić information content (AvgIpc) is 2.72. The van der Waals surface area contributed by atoms with Gasteiger partial charge in [0.25, 0.3) is 5.56 Å². The summed E-state index contributed by atoms with van der Waals surface area (Å²) in [5, 5.41) is 2.48. The van der Waals surface area contributed by atoms with Crippen molar-refractivity contribution in [2.45, 2.75) is 38.5 Å². The average molecular weight is 271 g/mol. The first-order chi connectivity index (χ1) is 8.04. The van der Waals surface area contributed by atoms with E-state index in [-0.39, 0.29) is 10.9 Å². The zero-order valence-electron chi connectivity index (χ0n) is 10.1. The normalized spacial score (nSPS) is 15.1. The molecule has 0 aliphatic carbocycles. The highest BCUT2D eigenvalue weighted by molar-refractivity contribution is 7.16. The Hall–Kier alpha value is -0.870. The molecule has 0 saturated heterocycles. The first kappa shape index (κ1) is 12.6. The van der Waals surface area contributed by atoms with E-state index in [1.54, 1.807) is 6.92 Å². The maximum absolute atomic E-state index is 12.1. The topological polar surface area (TPSA) is 45.8 Å². The summed E-state index contributed by atoms with van der Waals surface area (Å²) in [6, 6.07) is 0. The second kappa shape index (κ2) is 4.78. The molecule has 2 atom stereocenters. The Balaban J connectivity index is 2.67. The molecule has 0 spiro atoms. The van der Waals surface area contributed by atoms with Crippen LogP contribution in [0.1, 0.15) is 49.9 Å². The van der Waals surface area contributed by atoms with Gasteiger partial charge in [0.15, 0.2) is 0 Å². The molecule has 0 saturated carbocycles. The molecule has 2 aromatic rings. The highest BCUT2D eigenvalue weighted by Crippen LogP contribution is 2.30. The minimum absolute atomic E-state index is 0.0750. The van der Waals surface area contributed by atoms with Crippen LogP contribution in [0.5, 0.6) is 0 Å². The van der Waals surface area contributed by atoms with Gasteiger partial charge in [-0.2, -0.15) is 0 Å². The Kier molecular flexibility index (Phi) is 3.54. The maximum Gasteiger partial charge on any atom is 0.259 e. The summed E-state index contributed by atoms with van der Waals surface area (Å²) >= 11 is 7.46. The Morgan fingerprint density at radius 3 is 2.82 bits per heavy atom. The molecule has 2 unspecified atom stereocenters. The van der Waals surface area contributed by atoms with Gasteiger partial charge in [-0.1, -0.05) is 13.8 Å². The highest BCUT2D eigenvalue weighted by Gasteiger charge is 2.16. The number of halogens is 1. The number of rotatable bonds is 3. The number of aromatic nitrogens is 2. The molecule has 1 N–H and O–H groups in total. The van der Waals surface area contributed by atoms with E-state index in [1.165, 1.54) is 11.3 Å². The van der Waals surface area contributed by atoms with E-state index in [4.69, 9.17) is 11.6 Å². The van der Waals surface area contributed by atoms with Crippen molar-refractivity contribution in [2.75, 3.05) is 0 Å². The third-order valence-corrected chi connectivity index (χ3v) is 4.11. The van der Waals surface area contributed by atoms with E-state index >= 15 is 0 Å². The first-order valence-electron chi connectivity index (χ1n) is 5.70. The molecule has 0 fully saturated rings. The zero-order chi connectivity index (χ0) is 12.6. The van der Waals surface area contributed by atoms with Crippen molar-refractivity contribution in [2.24, 2.45) is 0 Å². The third-order valence-electron chi connectivity index (χ3n) is 3.01. The van der Waals surface area contributed by atoms with Gasteiger partial charge in [0.2, 0.25) is 0 Å². The molecular weight excluding hydrogens is 256 g/mol. The van der Waals surface area contributed by atoms with Gasteiger partial charge in [-0.15, -0.1) is 22.9 Å². The number of nitrogens with zero attached hydrogens (tertiary/aromatic N) is 1. The van der Waals surface area contributed by atoms with Gasteiger partial charge in [0.05, 0.1) is 10.8 Å². The van der Waals surface area contributed by atoms with Crippen LogP contribution in [0.2, 0.25) is 0 Å². The number of fused-ring (bicyclic) bond motifs is 1. The summed E-state index contributed by atoms with van der Waals surface area (Å²) in [6.45, 7) is 6.04. The van der Waals surface area contributed by atoms with Gasteiger partial charge in [-0.25, -0.2) is 4.98 Å². The lowest BCUT2D eigenvalue weighted by atomic mass is 9.99. The molecular formula is C12H15ClN2OS. The Morgan fingerprint density at radius 1 is 1.53 bits per heavy atom. The van der Waals surface area contributed by atoms with E-state index in [0.29, 0.717) is 11.7 Å². The predicted molar refractivity (Wildman–Crippen MR) is 73.2 cm³/mol. The molecule has 0 amide bonds. The van der Waals surface area contributed by atoms with Crippen LogP contribution in [0.15, 0.2) is 10.2 Å². The van der Waals surface area contributed by atoms with E-state index in [9.17, 15) is 4.79 Å². The molecule has 3 nitrogen and oxygen atoms in total. The lowest BCUT2D eigenvalue weighted by molar-refractivity contribution is 0.740. The fraction of sp³-hybridized carbons (Fsp3) is 0.500. The summed E-state index contributed by atoms with van der Waals surface area (Å²) in [5.74, 6) is 0.924. The van der Waals surface area contributed by atoms with Gasteiger partial charge in [0, 0.05) is 0 Å². The molecule has 2 rings (SSSR count). The Bertz CT molecular complexity index is 588. The lowest BCUT2D eigenvalue weighted by Gasteiger charge is -2.07. The molecule has 17 heavy (non-hydrogen) atoms. The quantitative estimate of drug-likeness (QED) is 0.863. The van der Waals surface area contributed by atoms with Crippen molar-refractivity contribution >= 4 is 33.2 Å². The number of H-pyrrole nitrogens is 1. The van der Waals surface area contributed by atoms with E-state index in [0.717, 1.165) is 22.2 Å². The molecule has 5 heteroatoms. The summed E-state index contributed by atoms with van der Waals surface area (Å²) in [7, 11) is 0. The Labute approximate surface area is 109 Å². The fourth-order valence-electron chi connectivity index (χ4n) is 1.76. The molecule has 0 aromatic carbocycles. The molecule has 92 valence electrons. The van der Waals surface area contributed by atoms with Gasteiger partial charge in [0.1, 0.15) is 10.7 Å². The van der Waals surface area contributed by atoms with Crippen LogP contribution < -0.4 is 5.56 Å². The molecule has 0 bridgehead atoms. The molecule has 0 radical (unpaired) electrons. The number of thiophene rings is 1. The van der Waals surface area contributed by atoms with Crippen LogP contribution in [0, 0.1) is 0 Å². The smallest absolute Gasteiger partial charge is 0.259 e. The summed E-state index contributed by atoms with van der Waals surface area (Å²) in [4.78, 5) is 20.0. The van der Waals surface area contributed by atoms with Gasteiger partial charge in [-0.05, 0) is 30.2 Å². The van der Waals surface area contributed by atoms with Crippen LogP contribution in [0.25, 0.3) is 10.2 Å². The SMILES string of the molecule is CCC(C)c1csc2nc(C(C)Cl)[nH]c(=O)c12. The van der Waals surface area contributed by atoms with E-state index < -0.39 is 0 Å². The predicted octanol–water partition coefficient (Wildman–Crippen LogP) is 3.80. The van der Waals surface area contributed by atoms with Gasteiger partial charge >= 0.3 is 0 Å². The van der Waals surface area contributed by atoms with Crippen molar-refractivity contribution in [1.29, 1.82) is 0 Å². The number of nitrogens with one attached hydrogen (secondary N) is 1. The summed E-state index contributed by atoms with van der Waals surface area (Å²) < 4.78 is 0. The minimum atomic E-state index is -0.277. The van der Waals surface area contributed by atoms with Crippen LogP contribution >= 0.6 is 22.9 Å².